The third-order valence-electron chi connectivity index (χ3n) is 4.25. The molecule has 0 unspecified atom stereocenters. The average Bonchev–Trinajstić information content (AvgIpc) is 2.77. The van der Waals surface area contributed by atoms with Crippen molar-refractivity contribution in [2.24, 2.45) is 7.05 Å². The second-order valence-corrected chi connectivity index (χ2v) is 5.58. The fraction of sp³-hybridized carbons (Fsp3) is 0.438. The summed E-state index contributed by atoms with van der Waals surface area (Å²) in [6.45, 7) is 0. The van der Waals surface area contributed by atoms with Gasteiger partial charge in [0, 0.05) is 18.5 Å². The summed E-state index contributed by atoms with van der Waals surface area (Å²) >= 11 is 0. The molecule has 0 radical (unpaired) electrons. The topological polar surface area (TPSA) is 43.8 Å². The summed E-state index contributed by atoms with van der Waals surface area (Å²) < 4.78 is 15.8. The summed E-state index contributed by atoms with van der Waals surface area (Å²) in [5.41, 5.74) is 8.47. The maximum Gasteiger partial charge on any atom is 0.131 e. The Kier molecular flexibility index (Phi) is 3.47. The summed E-state index contributed by atoms with van der Waals surface area (Å²) in [5, 5.41) is 4.58. The molecule has 1 aromatic carbocycles. The van der Waals surface area contributed by atoms with Gasteiger partial charge in [-0.15, -0.1) is 0 Å². The van der Waals surface area contributed by atoms with Crippen molar-refractivity contribution in [3.63, 3.8) is 0 Å². The van der Waals surface area contributed by atoms with Gasteiger partial charge in [0.05, 0.1) is 11.3 Å². The van der Waals surface area contributed by atoms with Gasteiger partial charge < -0.3 is 5.73 Å². The highest BCUT2D eigenvalue weighted by Gasteiger charge is 2.26. The van der Waals surface area contributed by atoms with Gasteiger partial charge in [-0.3, -0.25) is 4.68 Å². The first-order valence-electron chi connectivity index (χ1n) is 7.25. The van der Waals surface area contributed by atoms with Crippen molar-refractivity contribution in [3.05, 3.63) is 35.8 Å². The Labute approximate surface area is 118 Å². The third kappa shape index (κ3) is 2.19. The molecule has 2 N–H and O–H groups in total. The fourth-order valence-electron chi connectivity index (χ4n) is 3.16. The van der Waals surface area contributed by atoms with Crippen LogP contribution in [0.15, 0.2) is 24.3 Å². The summed E-state index contributed by atoms with van der Waals surface area (Å²) in [5.74, 6) is 0.724. The van der Waals surface area contributed by atoms with E-state index in [1.165, 1.54) is 25.3 Å². The lowest BCUT2D eigenvalue weighted by molar-refractivity contribution is 0.434. The minimum Gasteiger partial charge on any atom is -0.383 e. The Balaban J connectivity index is 2.12. The van der Waals surface area contributed by atoms with Crippen LogP contribution in [-0.2, 0) is 7.05 Å². The molecule has 1 saturated carbocycles. The minimum absolute atomic E-state index is 0.232. The van der Waals surface area contributed by atoms with E-state index in [1.807, 2.05) is 13.1 Å². The largest absolute Gasteiger partial charge is 0.383 e. The molecule has 0 saturated heterocycles. The lowest BCUT2D eigenvalue weighted by Gasteiger charge is -2.21. The molecule has 0 amide bonds. The van der Waals surface area contributed by atoms with Crippen LogP contribution in [-0.4, -0.2) is 9.78 Å². The Morgan fingerprint density at radius 1 is 1.20 bits per heavy atom. The SMILES string of the molecule is Cn1nc(C2CCCCC2)c(-c2ccccc2F)c1N. The maximum atomic E-state index is 14.1. The number of aryl methyl sites for hydroxylation is 1. The van der Waals surface area contributed by atoms with Gasteiger partial charge in [0.15, 0.2) is 0 Å². The van der Waals surface area contributed by atoms with Crippen LogP contribution >= 0.6 is 0 Å². The van der Waals surface area contributed by atoms with Crippen molar-refractivity contribution in [1.29, 1.82) is 0 Å². The van der Waals surface area contributed by atoms with Gasteiger partial charge in [-0.05, 0) is 18.9 Å². The average molecular weight is 273 g/mol. The van der Waals surface area contributed by atoms with Crippen LogP contribution in [0.2, 0.25) is 0 Å². The highest BCUT2D eigenvalue weighted by atomic mass is 19.1. The molecule has 4 heteroatoms. The molecule has 0 spiro atoms. The van der Waals surface area contributed by atoms with E-state index >= 15 is 0 Å². The van der Waals surface area contributed by atoms with Gasteiger partial charge in [0.2, 0.25) is 0 Å². The molecule has 3 rings (SSSR count). The fourth-order valence-corrected chi connectivity index (χ4v) is 3.16. The van der Waals surface area contributed by atoms with Crippen molar-refractivity contribution >= 4 is 5.82 Å². The van der Waals surface area contributed by atoms with Crippen LogP contribution in [0.5, 0.6) is 0 Å². The van der Waals surface area contributed by atoms with E-state index in [2.05, 4.69) is 5.10 Å². The Bertz CT molecular complexity index is 612. The van der Waals surface area contributed by atoms with Crippen LogP contribution in [0, 0.1) is 5.82 Å². The van der Waals surface area contributed by atoms with E-state index in [1.54, 1.807) is 16.8 Å². The van der Waals surface area contributed by atoms with Crippen LogP contribution < -0.4 is 5.73 Å². The molecular weight excluding hydrogens is 253 g/mol. The second kappa shape index (κ2) is 5.27. The van der Waals surface area contributed by atoms with Gasteiger partial charge in [-0.1, -0.05) is 37.5 Å². The third-order valence-corrected chi connectivity index (χ3v) is 4.25. The molecule has 0 aliphatic heterocycles. The number of nitrogens with zero attached hydrogens (tertiary/aromatic N) is 2. The van der Waals surface area contributed by atoms with E-state index in [0.717, 1.165) is 24.1 Å². The quantitative estimate of drug-likeness (QED) is 0.903. The number of nitrogens with two attached hydrogens (primary N) is 1. The van der Waals surface area contributed by atoms with Crippen molar-refractivity contribution in [2.45, 2.75) is 38.0 Å². The highest BCUT2D eigenvalue weighted by Crippen LogP contribution is 2.40. The zero-order valence-electron chi connectivity index (χ0n) is 11.8. The molecular formula is C16H20FN3. The predicted octanol–water partition coefficient (Wildman–Crippen LogP) is 3.86. The summed E-state index contributed by atoms with van der Waals surface area (Å²) in [6, 6.07) is 6.81. The van der Waals surface area contributed by atoms with E-state index in [0.29, 0.717) is 17.3 Å². The molecule has 3 nitrogen and oxygen atoms in total. The number of aromatic nitrogens is 2. The maximum absolute atomic E-state index is 14.1. The number of rotatable bonds is 2. The van der Waals surface area contributed by atoms with Gasteiger partial charge in [-0.25, -0.2) is 4.39 Å². The van der Waals surface area contributed by atoms with Gasteiger partial charge >= 0.3 is 0 Å². The van der Waals surface area contributed by atoms with Crippen molar-refractivity contribution in [2.75, 3.05) is 5.73 Å². The number of nitrogen functional groups attached to an aromatic ring is 1. The summed E-state index contributed by atoms with van der Waals surface area (Å²) in [7, 11) is 1.83. The van der Waals surface area contributed by atoms with Gasteiger partial charge in [0.25, 0.3) is 0 Å². The van der Waals surface area contributed by atoms with E-state index < -0.39 is 0 Å². The lowest BCUT2D eigenvalue weighted by Crippen LogP contribution is -2.07. The molecule has 1 aliphatic rings. The zero-order valence-corrected chi connectivity index (χ0v) is 11.8. The first-order chi connectivity index (χ1) is 9.68. The van der Waals surface area contributed by atoms with E-state index in [-0.39, 0.29) is 5.82 Å². The number of hydrogen-bond donors (Lipinski definition) is 1. The number of hydrogen-bond acceptors (Lipinski definition) is 2. The Hall–Kier alpha value is -1.84. The number of benzene rings is 1. The smallest absolute Gasteiger partial charge is 0.131 e. The van der Waals surface area contributed by atoms with Crippen molar-refractivity contribution in [3.8, 4) is 11.1 Å². The van der Waals surface area contributed by atoms with Crippen molar-refractivity contribution in [1.82, 2.24) is 9.78 Å². The van der Waals surface area contributed by atoms with Gasteiger partial charge in [-0.2, -0.15) is 5.10 Å². The lowest BCUT2D eigenvalue weighted by atomic mass is 9.84. The van der Waals surface area contributed by atoms with E-state index in [9.17, 15) is 4.39 Å². The highest BCUT2D eigenvalue weighted by molar-refractivity contribution is 5.77. The Morgan fingerprint density at radius 2 is 1.90 bits per heavy atom. The predicted molar refractivity (Wildman–Crippen MR) is 78.8 cm³/mol. The molecule has 0 atom stereocenters. The molecule has 1 aliphatic carbocycles. The zero-order chi connectivity index (χ0) is 14.1. The standard InChI is InChI=1S/C16H20FN3/c1-20-16(18)14(12-9-5-6-10-13(12)17)15(19-20)11-7-3-2-4-8-11/h5-6,9-11H,2-4,7-8,18H2,1H3. The number of halogens is 1. The van der Waals surface area contributed by atoms with Crippen LogP contribution in [0.1, 0.15) is 43.7 Å². The Morgan fingerprint density at radius 3 is 2.60 bits per heavy atom. The summed E-state index contributed by atoms with van der Waals surface area (Å²) in [6.07, 6.45) is 5.97. The van der Waals surface area contributed by atoms with Crippen LogP contribution in [0.4, 0.5) is 10.2 Å². The molecule has 2 aromatic rings. The van der Waals surface area contributed by atoms with Crippen LogP contribution in [0.3, 0.4) is 0 Å². The first kappa shape index (κ1) is 13.2. The minimum atomic E-state index is -0.232. The normalized spacial score (nSPS) is 16.5. The molecule has 0 bridgehead atoms. The first-order valence-corrected chi connectivity index (χ1v) is 7.25. The van der Waals surface area contributed by atoms with Crippen LogP contribution in [0.25, 0.3) is 11.1 Å². The second-order valence-electron chi connectivity index (χ2n) is 5.58. The molecule has 106 valence electrons. The molecule has 1 aromatic heterocycles. The van der Waals surface area contributed by atoms with E-state index in [4.69, 9.17) is 5.73 Å². The molecule has 1 fully saturated rings. The molecule has 20 heavy (non-hydrogen) atoms. The summed E-state index contributed by atoms with van der Waals surface area (Å²) in [4.78, 5) is 0. The monoisotopic (exact) mass is 273 g/mol. The van der Waals surface area contributed by atoms with Crippen molar-refractivity contribution < 1.29 is 4.39 Å². The molecule has 1 heterocycles. The number of anilines is 1. The van der Waals surface area contributed by atoms with Gasteiger partial charge in [0.1, 0.15) is 11.6 Å².